The summed E-state index contributed by atoms with van der Waals surface area (Å²) in [5.41, 5.74) is 0.145. The fourth-order valence-electron chi connectivity index (χ4n) is 3.56. The highest BCUT2D eigenvalue weighted by Crippen LogP contribution is 2.31. The molecule has 7 nitrogen and oxygen atoms in total. The number of halogens is 2. The summed E-state index contributed by atoms with van der Waals surface area (Å²) in [6.45, 7) is 1.33. The first-order valence-electron chi connectivity index (χ1n) is 8.73. The highest BCUT2D eigenvalue weighted by atomic mass is 35.5. The normalized spacial score (nSPS) is 23.1. The Morgan fingerprint density at radius 1 is 1.22 bits per heavy atom. The van der Waals surface area contributed by atoms with Crippen LogP contribution in [0.3, 0.4) is 0 Å². The van der Waals surface area contributed by atoms with Gasteiger partial charge >= 0.3 is 17.8 Å². The van der Waals surface area contributed by atoms with Crippen LogP contribution in [0.1, 0.15) is 32.6 Å². The van der Waals surface area contributed by atoms with Gasteiger partial charge in [-0.3, -0.25) is 19.3 Å². The maximum Gasteiger partial charge on any atom is 0.334 e. The molecule has 5 amide bonds. The Kier molecular flexibility index (Phi) is 5.46. The Balaban J connectivity index is 1.71. The molecule has 2 fully saturated rings. The molecule has 0 spiro atoms. The Morgan fingerprint density at radius 2 is 1.93 bits per heavy atom. The maximum atomic E-state index is 13.1. The molecule has 1 aliphatic carbocycles. The standard InChI is InChI=1S/C18H19ClFN3O4/c1-10-4-2-3-5-14(10)23-17(26)16(25)22(18(23)27)9-15(24)21-13-7-6-11(20)8-12(13)19/h6-8,10,14H,2-5,9H2,1H3,(H,21,24)/t10-,14-/m0/s1. The largest absolute Gasteiger partial charge is 0.334 e. The lowest BCUT2D eigenvalue weighted by Gasteiger charge is -2.34. The molecule has 1 aromatic rings. The van der Waals surface area contributed by atoms with Crippen molar-refractivity contribution in [2.24, 2.45) is 5.92 Å². The van der Waals surface area contributed by atoms with E-state index in [-0.39, 0.29) is 22.7 Å². The Morgan fingerprint density at radius 3 is 2.59 bits per heavy atom. The number of benzene rings is 1. The summed E-state index contributed by atoms with van der Waals surface area (Å²) in [5, 5.41) is 2.39. The topological polar surface area (TPSA) is 86.8 Å². The summed E-state index contributed by atoms with van der Waals surface area (Å²) < 4.78 is 13.1. The van der Waals surface area contributed by atoms with Crippen molar-refractivity contribution in [3.63, 3.8) is 0 Å². The first-order valence-corrected chi connectivity index (χ1v) is 9.11. The van der Waals surface area contributed by atoms with Crippen LogP contribution in [0.5, 0.6) is 0 Å². The first-order chi connectivity index (χ1) is 12.8. The van der Waals surface area contributed by atoms with Crippen LogP contribution < -0.4 is 5.32 Å². The number of nitrogens with one attached hydrogen (secondary N) is 1. The van der Waals surface area contributed by atoms with E-state index in [1.54, 1.807) is 0 Å². The van der Waals surface area contributed by atoms with Gasteiger partial charge in [-0.05, 0) is 37.0 Å². The minimum absolute atomic E-state index is 0.0174. The number of carbonyl (C=O) groups is 4. The van der Waals surface area contributed by atoms with Crippen molar-refractivity contribution < 1.29 is 23.6 Å². The lowest BCUT2D eigenvalue weighted by atomic mass is 9.85. The van der Waals surface area contributed by atoms with Crippen molar-refractivity contribution in [3.8, 4) is 0 Å². The van der Waals surface area contributed by atoms with Gasteiger partial charge in [0.2, 0.25) is 5.91 Å². The van der Waals surface area contributed by atoms with Crippen molar-refractivity contribution in [2.75, 3.05) is 11.9 Å². The zero-order valence-corrected chi connectivity index (χ0v) is 15.5. The van der Waals surface area contributed by atoms with Crippen molar-refractivity contribution in [3.05, 3.63) is 29.0 Å². The van der Waals surface area contributed by atoms with E-state index in [4.69, 9.17) is 11.6 Å². The average molecular weight is 396 g/mol. The molecule has 9 heteroatoms. The lowest BCUT2D eigenvalue weighted by Crippen LogP contribution is -2.46. The van der Waals surface area contributed by atoms with Gasteiger partial charge in [0, 0.05) is 6.04 Å². The number of nitrogens with zero attached hydrogens (tertiary/aromatic N) is 2. The van der Waals surface area contributed by atoms with Gasteiger partial charge in [-0.25, -0.2) is 14.1 Å². The van der Waals surface area contributed by atoms with Gasteiger partial charge < -0.3 is 5.32 Å². The van der Waals surface area contributed by atoms with E-state index in [2.05, 4.69) is 5.32 Å². The molecule has 1 aromatic carbocycles. The number of hydrogen-bond donors (Lipinski definition) is 1. The number of urea groups is 1. The summed E-state index contributed by atoms with van der Waals surface area (Å²) in [7, 11) is 0. The van der Waals surface area contributed by atoms with Gasteiger partial charge in [-0.15, -0.1) is 0 Å². The van der Waals surface area contributed by atoms with E-state index in [0.29, 0.717) is 11.3 Å². The smallest absolute Gasteiger partial charge is 0.323 e. The molecule has 1 aliphatic heterocycles. The SMILES string of the molecule is C[C@H]1CCCC[C@@H]1N1C(=O)C(=O)N(CC(=O)Nc2ccc(F)cc2Cl)C1=O. The monoisotopic (exact) mass is 395 g/mol. The summed E-state index contributed by atoms with van der Waals surface area (Å²) in [6.07, 6.45) is 3.42. The molecule has 27 heavy (non-hydrogen) atoms. The molecule has 1 heterocycles. The van der Waals surface area contributed by atoms with E-state index < -0.39 is 36.1 Å². The van der Waals surface area contributed by atoms with E-state index >= 15 is 0 Å². The van der Waals surface area contributed by atoms with Crippen molar-refractivity contribution in [1.29, 1.82) is 0 Å². The predicted molar refractivity (Wildman–Crippen MR) is 95.4 cm³/mol. The van der Waals surface area contributed by atoms with Crippen LogP contribution in [-0.4, -0.2) is 46.1 Å². The van der Waals surface area contributed by atoms with Crippen LogP contribution in [0.2, 0.25) is 5.02 Å². The minimum Gasteiger partial charge on any atom is -0.323 e. The zero-order chi connectivity index (χ0) is 19.7. The molecule has 3 rings (SSSR count). The average Bonchev–Trinajstić information content (AvgIpc) is 2.82. The maximum absolute atomic E-state index is 13.1. The van der Waals surface area contributed by atoms with Gasteiger partial charge in [0.05, 0.1) is 10.7 Å². The second-order valence-corrected chi connectivity index (χ2v) is 7.26. The molecule has 0 radical (unpaired) electrons. The zero-order valence-electron chi connectivity index (χ0n) is 14.7. The van der Waals surface area contributed by atoms with Crippen LogP contribution in [0, 0.1) is 11.7 Å². The van der Waals surface area contributed by atoms with E-state index in [9.17, 15) is 23.6 Å². The number of hydrogen-bond acceptors (Lipinski definition) is 4. The van der Waals surface area contributed by atoms with Gasteiger partial charge in [-0.1, -0.05) is 31.4 Å². The fourth-order valence-corrected chi connectivity index (χ4v) is 3.77. The molecule has 0 aromatic heterocycles. The van der Waals surface area contributed by atoms with E-state index in [1.165, 1.54) is 6.07 Å². The number of imide groups is 2. The van der Waals surface area contributed by atoms with Crippen LogP contribution >= 0.6 is 11.6 Å². The summed E-state index contributed by atoms with van der Waals surface area (Å²) in [6, 6.07) is 2.30. The Bertz CT molecular complexity index is 816. The summed E-state index contributed by atoms with van der Waals surface area (Å²) in [4.78, 5) is 51.0. The molecular formula is C18H19ClFN3O4. The summed E-state index contributed by atoms with van der Waals surface area (Å²) >= 11 is 5.85. The van der Waals surface area contributed by atoms with Crippen molar-refractivity contribution >= 4 is 41.0 Å². The molecule has 1 saturated carbocycles. The molecule has 2 atom stereocenters. The highest BCUT2D eigenvalue weighted by molar-refractivity contribution is 6.45. The molecule has 144 valence electrons. The first kappa shape index (κ1) is 19.3. The summed E-state index contributed by atoms with van der Waals surface area (Å²) in [5.74, 6) is -3.09. The third-order valence-electron chi connectivity index (χ3n) is 4.99. The molecule has 0 bridgehead atoms. The van der Waals surface area contributed by atoms with Crippen LogP contribution in [0.4, 0.5) is 14.9 Å². The Labute approximate surface area is 160 Å². The lowest BCUT2D eigenvalue weighted by molar-refractivity contribution is -0.145. The Hall–Kier alpha value is -2.48. The van der Waals surface area contributed by atoms with Gasteiger partial charge in [0.25, 0.3) is 0 Å². The number of amides is 5. The van der Waals surface area contributed by atoms with Crippen LogP contribution in [0.15, 0.2) is 18.2 Å². The van der Waals surface area contributed by atoms with Gasteiger partial charge in [0.1, 0.15) is 12.4 Å². The fraction of sp³-hybridized carbons (Fsp3) is 0.444. The highest BCUT2D eigenvalue weighted by Gasteiger charge is 2.49. The second-order valence-electron chi connectivity index (χ2n) is 6.85. The third kappa shape index (κ3) is 3.80. The number of anilines is 1. The van der Waals surface area contributed by atoms with Gasteiger partial charge in [-0.2, -0.15) is 0 Å². The molecule has 1 saturated heterocycles. The minimum atomic E-state index is -1.02. The van der Waals surface area contributed by atoms with E-state index in [1.807, 2.05) is 6.92 Å². The number of carbonyl (C=O) groups excluding carboxylic acids is 4. The van der Waals surface area contributed by atoms with Gasteiger partial charge in [0.15, 0.2) is 0 Å². The quantitative estimate of drug-likeness (QED) is 0.627. The van der Waals surface area contributed by atoms with Crippen LogP contribution in [-0.2, 0) is 14.4 Å². The molecular weight excluding hydrogens is 377 g/mol. The van der Waals surface area contributed by atoms with Crippen LogP contribution in [0.25, 0.3) is 0 Å². The predicted octanol–water partition coefficient (Wildman–Crippen LogP) is 2.79. The molecule has 2 aliphatic rings. The van der Waals surface area contributed by atoms with Crippen molar-refractivity contribution in [2.45, 2.75) is 38.6 Å². The molecule has 1 N–H and O–H groups in total. The molecule has 0 unspecified atom stereocenters. The number of rotatable bonds is 4. The third-order valence-corrected chi connectivity index (χ3v) is 5.30. The van der Waals surface area contributed by atoms with Crippen molar-refractivity contribution in [1.82, 2.24) is 9.80 Å². The second kappa shape index (κ2) is 7.64. The van der Waals surface area contributed by atoms with E-state index in [0.717, 1.165) is 36.3 Å².